The largest absolute Gasteiger partial charge is 0.337 e. The van der Waals surface area contributed by atoms with Crippen molar-refractivity contribution in [2.75, 3.05) is 10.6 Å². The summed E-state index contributed by atoms with van der Waals surface area (Å²) in [5.74, 6) is -1.80. The predicted molar refractivity (Wildman–Crippen MR) is 96.1 cm³/mol. The first kappa shape index (κ1) is 18.0. The van der Waals surface area contributed by atoms with E-state index in [1.165, 1.54) is 24.5 Å². The first-order chi connectivity index (χ1) is 12.4. The number of aromatic nitrogens is 2. The number of hydrogen-bond acceptors (Lipinski definition) is 4. The number of nitrogens with one attached hydrogen (secondary N) is 2. The van der Waals surface area contributed by atoms with Crippen molar-refractivity contribution in [1.82, 2.24) is 9.97 Å². The average Bonchev–Trinajstić information content (AvgIpc) is 2.60. The van der Waals surface area contributed by atoms with Crippen LogP contribution in [0.3, 0.4) is 0 Å². The highest BCUT2D eigenvalue weighted by atomic mass is 35.5. The molecular weight excluding hydrogens is 385 g/mol. The number of nitrogens with zero attached hydrogens (tertiary/aromatic N) is 2. The van der Waals surface area contributed by atoms with Gasteiger partial charge in [0.05, 0.1) is 28.8 Å². The van der Waals surface area contributed by atoms with Crippen molar-refractivity contribution in [1.29, 1.82) is 0 Å². The lowest BCUT2D eigenvalue weighted by Gasteiger charge is -2.08. The first-order valence-corrected chi connectivity index (χ1v) is 7.98. The van der Waals surface area contributed by atoms with Crippen LogP contribution in [0.1, 0.15) is 10.5 Å². The molecule has 0 spiro atoms. The van der Waals surface area contributed by atoms with Crippen LogP contribution in [-0.2, 0) is 0 Å². The highest BCUT2D eigenvalue weighted by Crippen LogP contribution is 2.25. The Morgan fingerprint density at radius 3 is 2.38 bits per heavy atom. The summed E-state index contributed by atoms with van der Waals surface area (Å²) in [6.07, 6.45) is 2.46. The van der Waals surface area contributed by atoms with E-state index in [1.54, 1.807) is 12.1 Å². The average molecular weight is 395 g/mol. The van der Waals surface area contributed by atoms with Gasteiger partial charge in [-0.05, 0) is 30.3 Å². The molecule has 0 aliphatic rings. The smallest absolute Gasteiger partial charge is 0.275 e. The summed E-state index contributed by atoms with van der Waals surface area (Å²) in [7, 11) is 0. The van der Waals surface area contributed by atoms with Gasteiger partial charge in [0.2, 0.25) is 0 Å². The zero-order chi connectivity index (χ0) is 18.7. The molecule has 2 N–H and O–H groups in total. The minimum absolute atomic E-state index is 0.0288. The van der Waals surface area contributed by atoms with Crippen LogP contribution >= 0.6 is 23.2 Å². The van der Waals surface area contributed by atoms with E-state index in [0.717, 1.165) is 12.1 Å². The van der Waals surface area contributed by atoms with Crippen LogP contribution in [0.4, 0.5) is 26.0 Å². The highest BCUT2D eigenvalue weighted by Gasteiger charge is 2.12. The molecule has 0 bridgehead atoms. The molecule has 0 saturated carbocycles. The number of carbonyl (C=O) groups is 1. The van der Waals surface area contributed by atoms with E-state index >= 15 is 0 Å². The van der Waals surface area contributed by atoms with Gasteiger partial charge >= 0.3 is 0 Å². The molecule has 0 fully saturated rings. The normalized spacial score (nSPS) is 10.5. The van der Waals surface area contributed by atoms with Gasteiger partial charge in [-0.15, -0.1) is 0 Å². The second kappa shape index (κ2) is 7.63. The summed E-state index contributed by atoms with van der Waals surface area (Å²) in [6.45, 7) is 0. The molecule has 1 amide bonds. The number of carbonyl (C=O) groups excluding carboxylic acids is 1. The fourth-order valence-electron chi connectivity index (χ4n) is 2.02. The van der Waals surface area contributed by atoms with E-state index in [4.69, 9.17) is 23.2 Å². The van der Waals surface area contributed by atoms with Crippen molar-refractivity contribution in [2.45, 2.75) is 0 Å². The quantitative estimate of drug-likeness (QED) is 0.648. The lowest BCUT2D eigenvalue weighted by molar-refractivity contribution is 0.102. The highest BCUT2D eigenvalue weighted by molar-refractivity contribution is 6.36. The van der Waals surface area contributed by atoms with Crippen LogP contribution in [0.15, 0.2) is 48.8 Å². The van der Waals surface area contributed by atoms with Crippen molar-refractivity contribution in [3.05, 3.63) is 76.2 Å². The van der Waals surface area contributed by atoms with Crippen LogP contribution in [-0.4, -0.2) is 15.9 Å². The maximum absolute atomic E-state index is 13.6. The number of rotatable bonds is 4. The second-order valence-corrected chi connectivity index (χ2v) is 5.96. The first-order valence-electron chi connectivity index (χ1n) is 7.23. The molecule has 2 aromatic carbocycles. The van der Waals surface area contributed by atoms with Crippen molar-refractivity contribution in [3.63, 3.8) is 0 Å². The Morgan fingerprint density at radius 1 is 0.962 bits per heavy atom. The summed E-state index contributed by atoms with van der Waals surface area (Å²) >= 11 is 11.8. The van der Waals surface area contributed by atoms with Gasteiger partial charge in [0.1, 0.15) is 23.1 Å². The maximum Gasteiger partial charge on any atom is 0.275 e. The number of anilines is 3. The SMILES string of the molecule is O=C(Nc1ccc(Cl)cc1Cl)c1cnc(Nc2ccc(F)cc2F)cn1. The molecule has 3 rings (SSSR count). The molecular formula is C17H10Cl2F2N4O. The lowest BCUT2D eigenvalue weighted by atomic mass is 10.3. The third-order valence-corrected chi connectivity index (χ3v) is 3.81. The molecule has 26 heavy (non-hydrogen) atoms. The van der Waals surface area contributed by atoms with Crippen molar-refractivity contribution >= 4 is 46.3 Å². The van der Waals surface area contributed by atoms with Gasteiger partial charge in [0, 0.05) is 11.1 Å². The molecule has 0 saturated heterocycles. The minimum Gasteiger partial charge on any atom is -0.337 e. The zero-order valence-corrected chi connectivity index (χ0v) is 14.4. The summed E-state index contributed by atoms with van der Waals surface area (Å²) in [6, 6.07) is 7.72. The van der Waals surface area contributed by atoms with Crippen molar-refractivity contribution < 1.29 is 13.6 Å². The van der Waals surface area contributed by atoms with Crippen LogP contribution < -0.4 is 10.6 Å². The second-order valence-electron chi connectivity index (χ2n) is 5.11. The molecule has 132 valence electrons. The van der Waals surface area contributed by atoms with Gasteiger partial charge < -0.3 is 10.6 Å². The molecule has 0 unspecified atom stereocenters. The fraction of sp³-hybridized carbons (Fsp3) is 0. The van der Waals surface area contributed by atoms with Gasteiger partial charge in [-0.25, -0.2) is 18.7 Å². The fourth-order valence-corrected chi connectivity index (χ4v) is 2.47. The van der Waals surface area contributed by atoms with E-state index in [0.29, 0.717) is 10.7 Å². The van der Waals surface area contributed by atoms with Crippen molar-refractivity contribution in [3.8, 4) is 0 Å². The lowest BCUT2D eigenvalue weighted by Crippen LogP contribution is -2.14. The van der Waals surface area contributed by atoms with Crippen LogP contribution in [0.2, 0.25) is 10.0 Å². The topological polar surface area (TPSA) is 66.9 Å². The molecule has 0 aliphatic carbocycles. The van der Waals surface area contributed by atoms with Crippen LogP contribution in [0.5, 0.6) is 0 Å². The molecule has 5 nitrogen and oxygen atoms in total. The number of amides is 1. The van der Waals surface area contributed by atoms with Crippen molar-refractivity contribution in [2.24, 2.45) is 0 Å². The van der Waals surface area contributed by atoms with E-state index < -0.39 is 17.5 Å². The Morgan fingerprint density at radius 2 is 1.73 bits per heavy atom. The predicted octanol–water partition coefficient (Wildman–Crippen LogP) is 5.06. The zero-order valence-electron chi connectivity index (χ0n) is 12.9. The number of halogens is 4. The van der Waals surface area contributed by atoms with Crippen LogP contribution in [0.25, 0.3) is 0 Å². The van der Waals surface area contributed by atoms with E-state index in [2.05, 4.69) is 20.6 Å². The summed E-state index contributed by atoms with van der Waals surface area (Å²) in [5.41, 5.74) is 0.436. The Bertz CT molecular complexity index is 967. The van der Waals surface area contributed by atoms with E-state index in [-0.39, 0.29) is 22.2 Å². The molecule has 9 heteroatoms. The number of benzene rings is 2. The standard InChI is InChI=1S/C17H10Cl2F2N4O/c18-9-1-3-13(11(19)5-9)25-17(26)15-7-23-16(8-22-15)24-14-4-2-10(20)6-12(14)21/h1-8H,(H,23,24)(H,25,26). The van der Waals surface area contributed by atoms with E-state index in [9.17, 15) is 13.6 Å². The Hall–Kier alpha value is -2.77. The molecule has 0 aliphatic heterocycles. The number of hydrogen-bond donors (Lipinski definition) is 2. The molecule has 0 radical (unpaired) electrons. The van der Waals surface area contributed by atoms with Gasteiger partial charge in [-0.2, -0.15) is 0 Å². The Balaban J connectivity index is 1.71. The van der Waals surface area contributed by atoms with Gasteiger partial charge in [-0.3, -0.25) is 4.79 Å². The molecule has 3 aromatic rings. The molecule has 1 aromatic heterocycles. The van der Waals surface area contributed by atoms with Gasteiger partial charge in [0.25, 0.3) is 5.91 Å². The maximum atomic E-state index is 13.6. The monoisotopic (exact) mass is 394 g/mol. The van der Waals surface area contributed by atoms with Crippen LogP contribution in [0, 0.1) is 11.6 Å². The Labute approximate surface area is 157 Å². The van der Waals surface area contributed by atoms with Gasteiger partial charge in [0.15, 0.2) is 0 Å². The summed E-state index contributed by atoms with van der Waals surface area (Å²) in [5, 5.41) is 5.95. The minimum atomic E-state index is -0.772. The third-order valence-electron chi connectivity index (χ3n) is 3.26. The molecule has 1 heterocycles. The summed E-state index contributed by atoms with van der Waals surface area (Å²) < 4.78 is 26.5. The third kappa shape index (κ3) is 4.25. The Kier molecular flexibility index (Phi) is 5.29. The van der Waals surface area contributed by atoms with Gasteiger partial charge in [-0.1, -0.05) is 23.2 Å². The van der Waals surface area contributed by atoms with E-state index in [1.807, 2.05) is 0 Å². The molecule has 0 atom stereocenters. The summed E-state index contributed by atoms with van der Waals surface area (Å²) in [4.78, 5) is 20.1.